The number of rotatable bonds is 4. The van der Waals surface area contributed by atoms with Crippen molar-refractivity contribution in [3.8, 4) is 0 Å². The Morgan fingerprint density at radius 2 is 2.00 bits per heavy atom. The van der Waals surface area contributed by atoms with Crippen molar-refractivity contribution in [1.82, 2.24) is 10.6 Å². The van der Waals surface area contributed by atoms with E-state index in [2.05, 4.69) is 17.6 Å². The van der Waals surface area contributed by atoms with Crippen molar-refractivity contribution in [2.24, 2.45) is 0 Å². The molecule has 5 nitrogen and oxygen atoms in total. The van der Waals surface area contributed by atoms with Crippen molar-refractivity contribution in [1.29, 1.82) is 0 Å². The van der Waals surface area contributed by atoms with Crippen LogP contribution in [-0.2, 0) is 11.3 Å². The summed E-state index contributed by atoms with van der Waals surface area (Å²) in [5.41, 5.74) is 1.01. The lowest BCUT2D eigenvalue weighted by Gasteiger charge is -2.29. The van der Waals surface area contributed by atoms with E-state index >= 15 is 0 Å². The van der Waals surface area contributed by atoms with Gasteiger partial charge in [0.1, 0.15) is 0 Å². The fourth-order valence-electron chi connectivity index (χ4n) is 2.72. The van der Waals surface area contributed by atoms with Gasteiger partial charge in [-0.2, -0.15) is 0 Å². The number of piperidine rings is 1. The fraction of sp³-hybridized carbons (Fsp3) is 0.500. The Hall–Kier alpha value is -1.88. The minimum absolute atomic E-state index is 0.204. The average Bonchev–Trinajstić information content (AvgIpc) is 2.48. The van der Waals surface area contributed by atoms with E-state index in [1.165, 1.54) is 11.3 Å². The molecular weight excluding hydrogens is 266 g/mol. The second kappa shape index (κ2) is 7.78. The first-order valence-electron chi connectivity index (χ1n) is 7.61. The van der Waals surface area contributed by atoms with E-state index in [9.17, 15) is 9.59 Å². The number of imide groups is 1. The second-order valence-electron chi connectivity index (χ2n) is 5.70. The molecular formula is C16H24N3O2+. The van der Waals surface area contributed by atoms with Gasteiger partial charge in [0.2, 0.25) is 0 Å². The standard InChI is InChI=1S/C16H23N3O2/c1-13-7-5-6-10-19(13)12-15(20)18-16(21)17-11-14-8-3-2-4-9-14/h2-4,8-9,13H,5-7,10-12H2,1H3,(H2,17,18,20,21)/p+1/t13-/m0/s1. The molecule has 114 valence electrons. The van der Waals surface area contributed by atoms with Gasteiger partial charge < -0.3 is 10.2 Å². The van der Waals surface area contributed by atoms with Gasteiger partial charge in [0.15, 0.2) is 6.54 Å². The molecule has 1 aliphatic rings. The molecule has 3 amide bonds. The molecule has 2 atom stereocenters. The van der Waals surface area contributed by atoms with Gasteiger partial charge in [0.25, 0.3) is 5.91 Å². The topological polar surface area (TPSA) is 62.6 Å². The van der Waals surface area contributed by atoms with Crippen molar-refractivity contribution in [3.05, 3.63) is 35.9 Å². The lowest BCUT2D eigenvalue weighted by molar-refractivity contribution is -0.920. The van der Waals surface area contributed by atoms with E-state index in [0.717, 1.165) is 24.9 Å². The summed E-state index contributed by atoms with van der Waals surface area (Å²) in [5, 5.41) is 5.11. The van der Waals surface area contributed by atoms with Crippen molar-refractivity contribution in [3.63, 3.8) is 0 Å². The molecule has 0 aliphatic carbocycles. The van der Waals surface area contributed by atoms with Gasteiger partial charge in [-0.05, 0) is 31.7 Å². The molecule has 5 heteroatoms. The highest BCUT2D eigenvalue weighted by Gasteiger charge is 2.24. The first-order valence-corrected chi connectivity index (χ1v) is 7.61. The van der Waals surface area contributed by atoms with Gasteiger partial charge in [-0.25, -0.2) is 4.79 Å². The molecule has 1 fully saturated rings. The van der Waals surface area contributed by atoms with Crippen LogP contribution >= 0.6 is 0 Å². The predicted octanol–water partition coefficient (Wildman–Crippen LogP) is 0.470. The van der Waals surface area contributed by atoms with Crippen LogP contribution in [0.3, 0.4) is 0 Å². The number of carbonyl (C=O) groups is 2. The highest BCUT2D eigenvalue weighted by Crippen LogP contribution is 2.01. The highest BCUT2D eigenvalue weighted by atomic mass is 16.2. The Bertz CT molecular complexity index is 476. The van der Waals surface area contributed by atoms with Crippen molar-refractivity contribution >= 4 is 11.9 Å². The number of benzene rings is 1. The lowest BCUT2D eigenvalue weighted by Crippen LogP contribution is -3.17. The summed E-state index contributed by atoms with van der Waals surface area (Å²) in [4.78, 5) is 24.9. The first-order chi connectivity index (χ1) is 10.1. The number of hydrogen-bond acceptors (Lipinski definition) is 2. The number of amides is 3. The van der Waals surface area contributed by atoms with Gasteiger partial charge in [-0.3, -0.25) is 10.1 Å². The van der Waals surface area contributed by atoms with Crippen LogP contribution in [0.5, 0.6) is 0 Å². The Labute approximate surface area is 125 Å². The van der Waals surface area contributed by atoms with E-state index in [-0.39, 0.29) is 5.91 Å². The monoisotopic (exact) mass is 290 g/mol. The van der Waals surface area contributed by atoms with Crippen molar-refractivity contribution in [2.45, 2.75) is 38.8 Å². The molecule has 1 heterocycles. The summed E-state index contributed by atoms with van der Waals surface area (Å²) in [5.74, 6) is -0.204. The molecule has 21 heavy (non-hydrogen) atoms. The Kier molecular flexibility index (Phi) is 5.75. The molecule has 0 spiro atoms. The maximum Gasteiger partial charge on any atom is 0.321 e. The third kappa shape index (κ3) is 5.19. The van der Waals surface area contributed by atoms with Crippen LogP contribution in [-0.4, -0.2) is 31.1 Å². The number of quaternary nitrogens is 1. The Morgan fingerprint density at radius 3 is 2.71 bits per heavy atom. The molecule has 0 saturated carbocycles. The average molecular weight is 290 g/mol. The van der Waals surface area contributed by atoms with E-state index in [4.69, 9.17) is 0 Å². The number of hydrogen-bond donors (Lipinski definition) is 3. The maximum atomic E-state index is 11.9. The Balaban J connectivity index is 1.70. The third-order valence-corrected chi connectivity index (χ3v) is 4.02. The molecule has 1 aromatic rings. The van der Waals surface area contributed by atoms with Gasteiger partial charge in [0, 0.05) is 6.54 Å². The quantitative estimate of drug-likeness (QED) is 0.755. The Morgan fingerprint density at radius 1 is 1.24 bits per heavy atom. The SMILES string of the molecule is C[C@H]1CCCC[NH+]1CC(=O)NC(=O)NCc1ccccc1. The van der Waals surface area contributed by atoms with Crippen LogP contribution in [0.4, 0.5) is 4.79 Å². The summed E-state index contributed by atoms with van der Waals surface area (Å²) in [7, 11) is 0. The lowest BCUT2D eigenvalue weighted by atomic mass is 10.0. The van der Waals surface area contributed by atoms with E-state index < -0.39 is 6.03 Å². The zero-order chi connectivity index (χ0) is 15.1. The molecule has 1 aromatic carbocycles. The highest BCUT2D eigenvalue weighted by molar-refractivity contribution is 5.94. The number of nitrogens with one attached hydrogen (secondary N) is 3. The summed E-state index contributed by atoms with van der Waals surface area (Å²) >= 11 is 0. The smallest absolute Gasteiger partial charge is 0.321 e. The van der Waals surface area contributed by atoms with Crippen LogP contribution in [0.1, 0.15) is 31.7 Å². The molecule has 0 aromatic heterocycles. The van der Waals surface area contributed by atoms with Crippen LogP contribution in [0, 0.1) is 0 Å². The van der Waals surface area contributed by atoms with Crippen LogP contribution in [0.2, 0.25) is 0 Å². The fourth-order valence-corrected chi connectivity index (χ4v) is 2.72. The first kappa shape index (κ1) is 15.5. The van der Waals surface area contributed by atoms with Gasteiger partial charge in [-0.1, -0.05) is 30.3 Å². The zero-order valence-electron chi connectivity index (χ0n) is 12.5. The third-order valence-electron chi connectivity index (χ3n) is 4.02. The number of carbonyl (C=O) groups excluding carboxylic acids is 2. The van der Waals surface area contributed by atoms with Crippen molar-refractivity contribution in [2.75, 3.05) is 13.1 Å². The summed E-state index contributed by atoms with van der Waals surface area (Å²) in [6, 6.07) is 9.70. The van der Waals surface area contributed by atoms with Crippen LogP contribution < -0.4 is 15.5 Å². The second-order valence-corrected chi connectivity index (χ2v) is 5.70. The van der Waals surface area contributed by atoms with Crippen LogP contribution in [0.25, 0.3) is 0 Å². The van der Waals surface area contributed by atoms with Gasteiger partial charge >= 0.3 is 6.03 Å². The van der Waals surface area contributed by atoms with E-state index in [1.807, 2.05) is 30.3 Å². The molecule has 0 radical (unpaired) electrons. The minimum atomic E-state index is -0.423. The minimum Gasteiger partial charge on any atom is -0.334 e. The number of likely N-dealkylation sites (tertiary alicyclic amines) is 1. The van der Waals surface area contributed by atoms with E-state index in [1.54, 1.807) is 0 Å². The van der Waals surface area contributed by atoms with Gasteiger partial charge in [0.05, 0.1) is 12.6 Å². The molecule has 1 saturated heterocycles. The van der Waals surface area contributed by atoms with Crippen molar-refractivity contribution < 1.29 is 14.5 Å². The molecule has 2 rings (SSSR count). The summed E-state index contributed by atoms with van der Waals surface area (Å²) in [6.07, 6.45) is 3.56. The zero-order valence-corrected chi connectivity index (χ0v) is 12.5. The maximum absolute atomic E-state index is 11.9. The predicted molar refractivity (Wildman–Crippen MR) is 80.8 cm³/mol. The number of urea groups is 1. The summed E-state index contributed by atoms with van der Waals surface area (Å²) in [6.45, 7) is 3.98. The molecule has 1 aliphatic heterocycles. The molecule has 3 N–H and O–H groups in total. The largest absolute Gasteiger partial charge is 0.334 e. The van der Waals surface area contributed by atoms with E-state index in [0.29, 0.717) is 19.1 Å². The molecule has 1 unspecified atom stereocenters. The molecule has 0 bridgehead atoms. The summed E-state index contributed by atoms with van der Waals surface area (Å²) < 4.78 is 0. The van der Waals surface area contributed by atoms with Gasteiger partial charge in [-0.15, -0.1) is 0 Å². The van der Waals surface area contributed by atoms with Crippen LogP contribution in [0.15, 0.2) is 30.3 Å². The normalized spacial score (nSPS) is 21.6.